The van der Waals surface area contributed by atoms with Crippen LogP contribution in [0.5, 0.6) is 0 Å². The molecule has 150 heavy (non-hydrogen) atoms. The molecule has 29 rings (SSSR count). The number of para-hydroxylation sites is 3. The molecule has 0 unspecified atom stereocenters. The highest BCUT2D eigenvalue weighted by Gasteiger charge is 2.26. The minimum Gasteiger partial charge on any atom is -0.236 e. The number of nitrogens with zero attached hydrogens (tertiary/aromatic N) is 12. The van der Waals surface area contributed by atoms with Crippen LogP contribution in [0.1, 0.15) is 0 Å². The molecule has 9 heterocycles. The molecule has 0 radical (unpaired) electrons. The van der Waals surface area contributed by atoms with Crippen LogP contribution in [0, 0.1) is 0 Å². The zero-order valence-electron chi connectivity index (χ0n) is 80.0. The van der Waals surface area contributed by atoms with Crippen LogP contribution >= 0.6 is 68.0 Å². The third-order valence-corrected chi connectivity index (χ3v) is 33.8. The number of thiazole rings is 3. The molecule has 0 aliphatic rings. The molecule has 0 spiro atoms. The van der Waals surface area contributed by atoms with Crippen molar-refractivity contribution in [1.29, 1.82) is 0 Å². The van der Waals surface area contributed by atoms with Crippen LogP contribution in [0.25, 0.3) is 281 Å². The molecule has 0 saturated heterocycles. The Hall–Kier alpha value is -18.2. The first kappa shape index (κ1) is 90.5. The lowest BCUT2D eigenvalue weighted by atomic mass is 9.99. The van der Waals surface area contributed by atoms with Gasteiger partial charge < -0.3 is 0 Å². The first-order valence-corrected chi connectivity index (χ1v) is 54.2. The Morgan fingerprint density at radius 2 is 0.327 bits per heavy atom. The van der Waals surface area contributed by atoms with Gasteiger partial charge >= 0.3 is 0 Å². The predicted molar refractivity (Wildman–Crippen MR) is 630 cm³/mol. The average Bonchev–Trinajstić information content (AvgIpc) is 1.60. The van der Waals surface area contributed by atoms with Gasteiger partial charge in [-0.2, -0.15) is 0 Å². The maximum Gasteiger partial charge on any atom is 0.164 e. The van der Waals surface area contributed by atoms with Crippen molar-refractivity contribution < 1.29 is 0 Å². The van der Waals surface area contributed by atoms with Crippen molar-refractivity contribution in [3.63, 3.8) is 0 Å². The average molecular weight is 2030 g/mol. The van der Waals surface area contributed by atoms with Crippen molar-refractivity contribution >= 4 is 159 Å². The normalized spacial score (nSPS) is 11.5. The Morgan fingerprint density at radius 1 is 0.120 bits per heavy atom. The summed E-state index contributed by atoms with van der Waals surface area (Å²) in [7, 11) is 0. The first-order valence-electron chi connectivity index (χ1n) is 49.3. The molecule has 9 aromatic heterocycles. The van der Waals surface area contributed by atoms with E-state index in [9.17, 15) is 0 Å². The number of thiophene rings is 3. The second kappa shape index (κ2) is 39.6. The monoisotopic (exact) mass is 2020 g/mol. The molecule has 20 aromatic carbocycles. The van der Waals surface area contributed by atoms with Gasteiger partial charge in [0, 0.05) is 127 Å². The maximum absolute atomic E-state index is 5.19. The van der Waals surface area contributed by atoms with Gasteiger partial charge in [0.05, 0.1) is 30.6 Å². The molecule has 0 bridgehead atoms. The first-order chi connectivity index (χ1) is 74.3. The Bertz CT molecular complexity index is 10000. The summed E-state index contributed by atoms with van der Waals surface area (Å²) in [6, 6.07) is 169. The smallest absolute Gasteiger partial charge is 0.164 e. The molecule has 0 amide bonds. The number of hydrogen-bond acceptors (Lipinski definition) is 18. The molecule has 704 valence electrons. The fraction of sp³-hybridized carbons (Fsp3) is 0. The van der Waals surface area contributed by atoms with E-state index in [0.29, 0.717) is 52.4 Å². The second-order valence-corrected chi connectivity index (χ2v) is 42.6. The van der Waals surface area contributed by atoms with Crippen molar-refractivity contribution in [2.24, 2.45) is 0 Å². The summed E-state index contributed by atoms with van der Waals surface area (Å²) >= 11 is 10.6. The van der Waals surface area contributed by atoms with Crippen LogP contribution in [0.2, 0.25) is 0 Å². The van der Waals surface area contributed by atoms with Gasteiger partial charge in [-0.3, -0.25) is 0 Å². The minimum atomic E-state index is 0.644. The van der Waals surface area contributed by atoms with E-state index < -0.39 is 0 Å². The highest BCUT2D eigenvalue weighted by molar-refractivity contribution is 7.27. The summed E-state index contributed by atoms with van der Waals surface area (Å²) in [5, 5.41) is 10.1. The van der Waals surface area contributed by atoms with E-state index in [1.54, 1.807) is 34.0 Å². The van der Waals surface area contributed by atoms with Crippen LogP contribution in [0.15, 0.2) is 485 Å². The molecular formula is C132H80N12S6. The van der Waals surface area contributed by atoms with Gasteiger partial charge in [-0.25, -0.2) is 59.8 Å². The van der Waals surface area contributed by atoms with Crippen LogP contribution in [-0.2, 0) is 0 Å². The minimum absolute atomic E-state index is 0.644. The third-order valence-electron chi connectivity index (χ3n) is 26.9. The SMILES string of the molecule is c1ccc(-c2ccc(-c3nc(-c4ccccc4)nc(-c4cccc5sc6c(-c7cccc(-c8nc9ccccc9s8)c7)cccc6c45)n3)cc2)cc1.c1ccc(-c2cccc(-c3nc(-c4ccccc4)nc(-c4cccc5sc6c(-c7cccc(-c8nc9ccccc9s8)c7)cccc6c45)n3)c2)cc1.c1ccc(-c2nc(-c3ccccc3)nc(-c3cccc4sc5c(-c6cccc(-c7nc8ccccc8s7)c6)cccc5c34)n2)cc1. The number of aromatic nitrogens is 12. The molecule has 29 aromatic rings. The van der Waals surface area contributed by atoms with Crippen LogP contribution in [-0.4, -0.2) is 59.8 Å². The maximum atomic E-state index is 5.19. The summed E-state index contributed by atoms with van der Waals surface area (Å²) in [5.74, 6) is 5.89. The Kier molecular flexibility index (Phi) is 23.9. The molecule has 18 heteroatoms. The molecule has 0 aliphatic carbocycles. The van der Waals surface area contributed by atoms with E-state index in [4.69, 9.17) is 59.8 Å². The van der Waals surface area contributed by atoms with Crippen molar-refractivity contribution in [3.05, 3.63) is 485 Å². The van der Waals surface area contributed by atoms with Crippen LogP contribution in [0.4, 0.5) is 0 Å². The molecule has 0 N–H and O–H groups in total. The standard InChI is InChI=1S/2C46H28N4S2.C40H24N4S2/c1-3-13-29(14-4-1)31-17-9-19-33(27-31)44-48-43(30-15-5-2-6-16-30)49-45(50-44)37-23-12-26-40-41(37)36-22-11-21-35(42(36)51-40)32-18-10-20-34(28-32)46-47-38-24-7-8-25-39(38)52-46;1-3-12-29(13-4-1)30-24-26-32(27-25-30)44-48-43(31-14-5-2-6-15-31)49-45(50-44)37-20-11-23-40-41(37)36-19-10-18-35(42(36)51-40)33-16-9-17-34(28-33)46-47-38-21-7-8-22-39(38)52-46;1-3-12-25(13-4-1)37-42-38(26-14-5-2-6-15-26)44-39(43-37)31-20-11-23-34-35(31)30-19-10-18-29(36(30)45-34)27-16-9-17-28(24-27)40-41-32-21-7-8-22-33(32)46-40/h2*1-28H;1-24H. The third kappa shape index (κ3) is 17.7. The van der Waals surface area contributed by atoms with Gasteiger partial charge in [0.2, 0.25) is 0 Å². The van der Waals surface area contributed by atoms with Crippen molar-refractivity contribution in [3.8, 4) is 190 Å². The fourth-order valence-corrected chi connectivity index (χ4v) is 26.4. The van der Waals surface area contributed by atoms with Crippen LogP contribution in [0.3, 0.4) is 0 Å². The van der Waals surface area contributed by atoms with Crippen molar-refractivity contribution in [2.45, 2.75) is 0 Å². The summed E-state index contributed by atoms with van der Waals surface area (Å²) < 4.78 is 10.9. The Labute approximate surface area is 886 Å². The lowest BCUT2D eigenvalue weighted by molar-refractivity contribution is 1.08. The molecule has 0 aliphatic heterocycles. The second-order valence-electron chi connectivity index (χ2n) is 36.4. The van der Waals surface area contributed by atoms with Gasteiger partial charge in [-0.1, -0.05) is 406 Å². The van der Waals surface area contributed by atoms with Gasteiger partial charge in [0.15, 0.2) is 52.4 Å². The summed E-state index contributed by atoms with van der Waals surface area (Å²) in [5.41, 5.74) is 26.9. The van der Waals surface area contributed by atoms with Gasteiger partial charge in [-0.05, 0) is 134 Å². The van der Waals surface area contributed by atoms with Gasteiger partial charge in [0.1, 0.15) is 15.0 Å². The molecule has 12 nitrogen and oxygen atoms in total. The summed E-state index contributed by atoms with van der Waals surface area (Å²) in [6.45, 7) is 0. The summed E-state index contributed by atoms with van der Waals surface area (Å²) in [4.78, 5) is 60.5. The predicted octanol–water partition coefficient (Wildman–Crippen LogP) is 36.9. The zero-order chi connectivity index (χ0) is 99.3. The van der Waals surface area contributed by atoms with Crippen molar-refractivity contribution in [1.82, 2.24) is 59.8 Å². The number of hydrogen-bond donors (Lipinski definition) is 0. The quantitative estimate of drug-likeness (QED) is 0.0852. The van der Waals surface area contributed by atoms with E-state index in [1.165, 1.54) is 97.4 Å². The van der Waals surface area contributed by atoms with E-state index in [2.05, 4.69) is 358 Å². The lowest BCUT2D eigenvalue weighted by Crippen LogP contribution is -2.00. The molecule has 0 atom stereocenters. The van der Waals surface area contributed by atoms with Crippen LogP contribution < -0.4 is 0 Å². The van der Waals surface area contributed by atoms with Gasteiger partial charge in [0.25, 0.3) is 0 Å². The summed E-state index contributed by atoms with van der Waals surface area (Å²) in [6.07, 6.45) is 0. The topological polar surface area (TPSA) is 155 Å². The number of rotatable bonds is 17. The van der Waals surface area contributed by atoms with Gasteiger partial charge in [-0.15, -0.1) is 68.0 Å². The highest BCUT2D eigenvalue weighted by atomic mass is 32.1. The van der Waals surface area contributed by atoms with Crippen molar-refractivity contribution in [2.75, 3.05) is 0 Å². The number of fused-ring (bicyclic) bond motifs is 12. The van der Waals surface area contributed by atoms with E-state index in [1.807, 2.05) is 161 Å². The molecule has 0 saturated carbocycles. The fourth-order valence-electron chi connectivity index (χ4n) is 19.8. The van der Waals surface area contributed by atoms with E-state index in [0.717, 1.165) is 131 Å². The van der Waals surface area contributed by atoms with E-state index in [-0.39, 0.29) is 0 Å². The largest absolute Gasteiger partial charge is 0.236 e. The Balaban J connectivity index is 0.000000111. The molecule has 0 fully saturated rings. The highest BCUT2D eigenvalue weighted by Crippen LogP contribution is 2.50. The van der Waals surface area contributed by atoms with E-state index >= 15 is 0 Å². The lowest BCUT2D eigenvalue weighted by Gasteiger charge is -2.11. The zero-order valence-corrected chi connectivity index (χ0v) is 84.9. The molecular weight excluding hydrogens is 1950 g/mol. The number of benzene rings is 20. The Morgan fingerprint density at radius 3 is 0.647 bits per heavy atom.